The fourth-order valence-corrected chi connectivity index (χ4v) is 3.04. The fraction of sp³-hybridized carbons (Fsp3) is 0.455. The fourth-order valence-electron chi connectivity index (χ4n) is 1.63. The van der Waals surface area contributed by atoms with Crippen LogP contribution < -0.4 is 0 Å². The van der Waals surface area contributed by atoms with Crippen LogP contribution in [0, 0.1) is 0 Å². The van der Waals surface area contributed by atoms with Gasteiger partial charge in [-0.25, -0.2) is 4.98 Å². The van der Waals surface area contributed by atoms with E-state index in [1.54, 1.807) is 17.7 Å². The molecule has 4 nitrogen and oxygen atoms in total. The van der Waals surface area contributed by atoms with Crippen molar-refractivity contribution in [2.24, 2.45) is 0 Å². The van der Waals surface area contributed by atoms with Crippen LogP contribution in [0.3, 0.4) is 0 Å². The zero-order valence-corrected chi connectivity index (χ0v) is 11.9. The summed E-state index contributed by atoms with van der Waals surface area (Å²) in [4.78, 5) is 5.14. The van der Waals surface area contributed by atoms with E-state index >= 15 is 0 Å². The van der Waals surface area contributed by atoms with Crippen LogP contribution in [0.4, 0.5) is 0 Å². The van der Waals surface area contributed by atoms with Crippen molar-refractivity contribution in [2.75, 3.05) is 0 Å². The van der Waals surface area contributed by atoms with Crippen molar-refractivity contribution in [3.63, 3.8) is 0 Å². The van der Waals surface area contributed by atoms with Crippen molar-refractivity contribution in [1.82, 2.24) is 14.8 Å². The summed E-state index contributed by atoms with van der Waals surface area (Å²) in [5.41, 5.74) is 0. The third-order valence-electron chi connectivity index (χ3n) is 2.43. The number of hydrogen-bond donors (Lipinski definition) is 1. The van der Waals surface area contributed by atoms with Crippen LogP contribution in [-0.4, -0.2) is 19.9 Å². The summed E-state index contributed by atoms with van der Waals surface area (Å²) in [6.45, 7) is 2.94. The Hall–Kier alpha value is -0.720. The number of nitrogens with zero attached hydrogens (tertiary/aromatic N) is 3. The van der Waals surface area contributed by atoms with Gasteiger partial charge in [-0.1, -0.05) is 6.92 Å². The Morgan fingerprint density at radius 3 is 3.00 bits per heavy atom. The standard InChI is InChI=1S/C11H14BrN3OS/c1-2-5-15-11(13-7-14-15)6-8(16)9-3-4-10(12)17-9/h3-4,7-8,16H,2,5-6H2,1H3. The molecular formula is C11H14BrN3OS. The summed E-state index contributed by atoms with van der Waals surface area (Å²) in [6.07, 6.45) is 2.55. The minimum absolute atomic E-state index is 0.507. The number of aliphatic hydroxyl groups excluding tert-OH is 1. The van der Waals surface area contributed by atoms with Gasteiger partial charge in [0.15, 0.2) is 0 Å². The minimum Gasteiger partial charge on any atom is -0.387 e. The van der Waals surface area contributed by atoms with Crippen molar-refractivity contribution in [3.8, 4) is 0 Å². The Labute approximate surface area is 112 Å². The van der Waals surface area contributed by atoms with Gasteiger partial charge in [0.05, 0.1) is 9.89 Å². The smallest absolute Gasteiger partial charge is 0.138 e. The van der Waals surface area contributed by atoms with E-state index in [-0.39, 0.29) is 0 Å². The average Bonchev–Trinajstić information content (AvgIpc) is 2.89. The van der Waals surface area contributed by atoms with Crippen molar-refractivity contribution in [2.45, 2.75) is 32.4 Å². The lowest BCUT2D eigenvalue weighted by molar-refractivity contribution is 0.177. The molecule has 0 fully saturated rings. The van der Waals surface area contributed by atoms with Crippen molar-refractivity contribution >= 4 is 27.3 Å². The van der Waals surface area contributed by atoms with Crippen LogP contribution in [0.2, 0.25) is 0 Å². The molecule has 0 saturated carbocycles. The van der Waals surface area contributed by atoms with E-state index in [1.165, 1.54) is 0 Å². The molecule has 0 amide bonds. The highest BCUT2D eigenvalue weighted by atomic mass is 79.9. The van der Waals surface area contributed by atoms with Crippen molar-refractivity contribution in [1.29, 1.82) is 0 Å². The molecule has 2 heterocycles. The molecule has 0 aliphatic rings. The normalized spacial score (nSPS) is 12.9. The largest absolute Gasteiger partial charge is 0.387 e. The molecule has 0 spiro atoms. The Morgan fingerprint density at radius 1 is 1.53 bits per heavy atom. The molecule has 0 aliphatic carbocycles. The SMILES string of the molecule is CCCn1ncnc1CC(O)c1ccc(Br)s1. The van der Waals surface area contributed by atoms with E-state index in [4.69, 9.17) is 0 Å². The van der Waals surface area contributed by atoms with Crippen LogP contribution in [0.25, 0.3) is 0 Å². The van der Waals surface area contributed by atoms with Gasteiger partial charge in [-0.15, -0.1) is 11.3 Å². The molecule has 0 aromatic carbocycles. The summed E-state index contributed by atoms with van der Waals surface area (Å²) in [6, 6.07) is 3.87. The second-order valence-electron chi connectivity index (χ2n) is 3.76. The van der Waals surface area contributed by atoms with E-state index in [0.29, 0.717) is 6.42 Å². The predicted molar refractivity (Wildman–Crippen MR) is 71.0 cm³/mol. The van der Waals surface area contributed by atoms with Gasteiger partial charge in [-0.2, -0.15) is 5.10 Å². The minimum atomic E-state index is -0.508. The average molecular weight is 316 g/mol. The topological polar surface area (TPSA) is 50.9 Å². The van der Waals surface area contributed by atoms with Crippen LogP contribution in [-0.2, 0) is 13.0 Å². The summed E-state index contributed by atoms with van der Waals surface area (Å²) in [7, 11) is 0. The van der Waals surface area contributed by atoms with Gasteiger partial charge in [0.2, 0.25) is 0 Å². The van der Waals surface area contributed by atoms with E-state index < -0.39 is 6.10 Å². The molecule has 1 atom stereocenters. The number of aryl methyl sites for hydroxylation is 1. The maximum absolute atomic E-state index is 10.1. The highest BCUT2D eigenvalue weighted by molar-refractivity contribution is 9.11. The quantitative estimate of drug-likeness (QED) is 0.923. The highest BCUT2D eigenvalue weighted by Gasteiger charge is 2.14. The van der Waals surface area contributed by atoms with Crippen LogP contribution in [0.1, 0.15) is 30.2 Å². The van der Waals surface area contributed by atoms with Gasteiger partial charge in [-0.3, -0.25) is 4.68 Å². The zero-order valence-electron chi connectivity index (χ0n) is 9.51. The Morgan fingerprint density at radius 2 is 2.35 bits per heavy atom. The molecular weight excluding hydrogens is 302 g/mol. The maximum atomic E-state index is 10.1. The molecule has 0 aliphatic heterocycles. The maximum Gasteiger partial charge on any atom is 0.138 e. The third-order valence-corrected chi connectivity index (χ3v) is 4.15. The zero-order chi connectivity index (χ0) is 12.3. The lowest BCUT2D eigenvalue weighted by Crippen LogP contribution is -2.09. The summed E-state index contributed by atoms with van der Waals surface area (Å²) in [5, 5.41) is 14.3. The first-order valence-electron chi connectivity index (χ1n) is 5.50. The van der Waals surface area contributed by atoms with Crippen LogP contribution in [0.15, 0.2) is 22.2 Å². The predicted octanol–water partition coefficient (Wildman–Crippen LogP) is 2.79. The molecule has 1 N–H and O–H groups in total. The number of aliphatic hydroxyl groups is 1. The van der Waals surface area contributed by atoms with Gasteiger partial charge < -0.3 is 5.11 Å². The van der Waals surface area contributed by atoms with Crippen molar-refractivity contribution in [3.05, 3.63) is 32.9 Å². The first-order chi connectivity index (χ1) is 8.20. The molecule has 1 unspecified atom stereocenters. The molecule has 6 heteroatoms. The third kappa shape index (κ3) is 3.14. The second-order valence-corrected chi connectivity index (χ2v) is 6.26. The van der Waals surface area contributed by atoms with Gasteiger partial charge >= 0.3 is 0 Å². The number of thiophene rings is 1. The Kier molecular flexibility index (Phi) is 4.31. The van der Waals surface area contributed by atoms with Gasteiger partial charge in [-0.05, 0) is 34.5 Å². The second kappa shape index (κ2) is 5.75. The van der Waals surface area contributed by atoms with Gasteiger partial charge in [0, 0.05) is 17.8 Å². The first-order valence-corrected chi connectivity index (χ1v) is 7.11. The van der Waals surface area contributed by atoms with Gasteiger partial charge in [0.25, 0.3) is 0 Å². The number of hydrogen-bond acceptors (Lipinski definition) is 4. The number of halogens is 1. The molecule has 2 aromatic heterocycles. The highest BCUT2D eigenvalue weighted by Crippen LogP contribution is 2.28. The van der Waals surface area contributed by atoms with E-state index in [0.717, 1.165) is 27.5 Å². The number of aromatic nitrogens is 3. The van der Waals surface area contributed by atoms with Crippen molar-refractivity contribution < 1.29 is 5.11 Å². The Balaban J connectivity index is 2.07. The first kappa shape index (κ1) is 12.7. The monoisotopic (exact) mass is 315 g/mol. The lowest BCUT2D eigenvalue weighted by atomic mass is 10.2. The van der Waals surface area contributed by atoms with Crippen LogP contribution >= 0.6 is 27.3 Å². The van der Waals surface area contributed by atoms with E-state index in [1.807, 2.05) is 16.8 Å². The molecule has 17 heavy (non-hydrogen) atoms. The molecule has 0 saturated heterocycles. The Bertz CT molecular complexity index is 483. The van der Waals surface area contributed by atoms with Gasteiger partial charge in [0.1, 0.15) is 12.2 Å². The van der Waals surface area contributed by atoms with Crippen LogP contribution in [0.5, 0.6) is 0 Å². The summed E-state index contributed by atoms with van der Waals surface area (Å²) in [5.74, 6) is 0.837. The van der Waals surface area contributed by atoms with E-state index in [9.17, 15) is 5.11 Å². The molecule has 0 radical (unpaired) electrons. The summed E-state index contributed by atoms with van der Waals surface area (Å²) < 4.78 is 2.88. The molecule has 2 rings (SSSR count). The molecule has 0 bridgehead atoms. The number of rotatable bonds is 5. The van der Waals surface area contributed by atoms with E-state index in [2.05, 4.69) is 32.9 Å². The lowest BCUT2D eigenvalue weighted by Gasteiger charge is -2.09. The summed E-state index contributed by atoms with van der Waals surface area (Å²) >= 11 is 4.94. The molecule has 92 valence electrons. The molecule has 2 aromatic rings.